The third-order valence-corrected chi connectivity index (χ3v) is 3.65. The van der Waals surface area contributed by atoms with Gasteiger partial charge in [-0.3, -0.25) is 9.59 Å². The number of benzene rings is 2. The van der Waals surface area contributed by atoms with Crippen LogP contribution in [0.4, 0.5) is 18.9 Å². The molecule has 0 atom stereocenters. The molecule has 8 heteroatoms. The van der Waals surface area contributed by atoms with Crippen molar-refractivity contribution in [1.29, 1.82) is 0 Å². The van der Waals surface area contributed by atoms with Gasteiger partial charge < -0.3 is 10.2 Å². The van der Waals surface area contributed by atoms with Crippen LogP contribution in [0.3, 0.4) is 0 Å². The molecule has 0 radical (unpaired) electrons. The van der Waals surface area contributed by atoms with Gasteiger partial charge in [0.2, 0.25) is 0 Å². The fraction of sp³-hybridized carbons (Fsp3) is 0.0526. The van der Waals surface area contributed by atoms with E-state index in [2.05, 4.69) is 5.32 Å². The third-order valence-electron chi connectivity index (χ3n) is 3.65. The quantitative estimate of drug-likeness (QED) is 0.746. The molecule has 0 unspecified atom stereocenters. The second kappa shape index (κ2) is 7.77. The molecule has 5 nitrogen and oxygen atoms in total. The van der Waals surface area contributed by atoms with Crippen molar-refractivity contribution in [3.63, 3.8) is 0 Å². The smallest absolute Gasteiger partial charge is 0.295 e. The molecule has 1 amide bonds. The zero-order valence-corrected chi connectivity index (χ0v) is 13.8. The summed E-state index contributed by atoms with van der Waals surface area (Å²) in [6.07, 6.45) is 1.25. The van der Waals surface area contributed by atoms with Gasteiger partial charge in [0, 0.05) is 17.8 Å². The molecule has 3 aromatic rings. The summed E-state index contributed by atoms with van der Waals surface area (Å²) in [5.74, 6) is -3.03. The molecule has 1 N–H and O–H groups in total. The number of rotatable bonds is 5. The summed E-state index contributed by atoms with van der Waals surface area (Å²) >= 11 is 0. The molecule has 138 valence electrons. The van der Waals surface area contributed by atoms with Crippen molar-refractivity contribution < 1.29 is 22.8 Å². The SMILES string of the molecule is O=C(Nc1cc(F)ccc1F)c1cccn(OCc2ccccc2F)c1=O. The largest absolute Gasteiger partial charge is 0.406 e. The molecule has 2 aromatic carbocycles. The van der Waals surface area contributed by atoms with Crippen LogP contribution in [0.1, 0.15) is 15.9 Å². The van der Waals surface area contributed by atoms with Crippen molar-refractivity contribution in [2.45, 2.75) is 6.61 Å². The Bertz CT molecular complexity index is 1050. The molecule has 3 rings (SSSR count). The Morgan fingerprint density at radius 3 is 2.56 bits per heavy atom. The van der Waals surface area contributed by atoms with Crippen molar-refractivity contribution >= 4 is 11.6 Å². The number of amides is 1. The van der Waals surface area contributed by atoms with Crippen LogP contribution in [0, 0.1) is 17.5 Å². The van der Waals surface area contributed by atoms with Gasteiger partial charge in [-0.05, 0) is 30.3 Å². The van der Waals surface area contributed by atoms with E-state index in [0.29, 0.717) is 0 Å². The van der Waals surface area contributed by atoms with Gasteiger partial charge >= 0.3 is 0 Å². The average Bonchev–Trinajstić information content (AvgIpc) is 2.65. The van der Waals surface area contributed by atoms with Gasteiger partial charge in [0.05, 0.1) is 5.69 Å². The number of pyridine rings is 1. The number of aromatic nitrogens is 1. The first-order valence-corrected chi connectivity index (χ1v) is 7.80. The second-order valence-electron chi connectivity index (χ2n) is 5.50. The van der Waals surface area contributed by atoms with Gasteiger partial charge in [0.15, 0.2) is 0 Å². The maximum Gasteiger partial charge on any atom is 0.295 e. The number of carbonyl (C=O) groups excluding carboxylic acids is 1. The highest BCUT2D eigenvalue weighted by Gasteiger charge is 2.15. The lowest BCUT2D eigenvalue weighted by molar-refractivity contribution is 0.0847. The Kier molecular flexibility index (Phi) is 5.25. The van der Waals surface area contributed by atoms with Gasteiger partial charge in [-0.25, -0.2) is 13.2 Å². The Morgan fingerprint density at radius 1 is 1.00 bits per heavy atom. The van der Waals surface area contributed by atoms with Crippen molar-refractivity contribution in [3.8, 4) is 0 Å². The van der Waals surface area contributed by atoms with Crippen molar-refractivity contribution in [2.24, 2.45) is 0 Å². The number of anilines is 1. The van der Waals surface area contributed by atoms with Crippen LogP contribution in [-0.2, 0) is 6.61 Å². The van der Waals surface area contributed by atoms with Gasteiger partial charge in [-0.1, -0.05) is 18.2 Å². The molecule has 1 aromatic heterocycles. The fourth-order valence-electron chi connectivity index (χ4n) is 2.29. The minimum absolute atomic E-state index is 0.223. The summed E-state index contributed by atoms with van der Waals surface area (Å²) in [5, 5.41) is 2.14. The lowest BCUT2D eigenvalue weighted by atomic mass is 10.2. The standard InChI is InChI=1S/C19H13F3N2O3/c20-13-7-8-16(22)17(10-13)23-18(25)14-5-3-9-24(19(14)26)27-11-12-4-1-2-6-15(12)21/h1-10H,11H2,(H,23,25). The van der Waals surface area contributed by atoms with Crippen molar-refractivity contribution in [1.82, 2.24) is 4.73 Å². The molecule has 0 saturated heterocycles. The molecule has 0 aliphatic carbocycles. The monoisotopic (exact) mass is 374 g/mol. The predicted octanol–water partition coefficient (Wildman–Crippen LogP) is 3.15. The van der Waals surface area contributed by atoms with Crippen LogP contribution < -0.4 is 15.7 Å². The van der Waals surface area contributed by atoms with Gasteiger partial charge in [-0.15, -0.1) is 0 Å². The Morgan fingerprint density at radius 2 is 1.78 bits per heavy atom. The fourth-order valence-corrected chi connectivity index (χ4v) is 2.29. The number of carbonyl (C=O) groups is 1. The van der Waals surface area contributed by atoms with Crippen LogP contribution in [-0.4, -0.2) is 10.6 Å². The molecular weight excluding hydrogens is 361 g/mol. The molecule has 0 fully saturated rings. The molecule has 0 aliphatic rings. The molecule has 0 saturated carbocycles. The first kappa shape index (κ1) is 18.2. The highest BCUT2D eigenvalue weighted by atomic mass is 19.1. The number of nitrogens with zero attached hydrogens (tertiary/aromatic N) is 1. The number of hydrogen-bond donors (Lipinski definition) is 1. The van der Waals surface area contributed by atoms with Crippen LogP contribution in [0.15, 0.2) is 65.6 Å². The lowest BCUT2D eigenvalue weighted by Gasteiger charge is -2.11. The predicted molar refractivity (Wildman–Crippen MR) is 91.7 cm³/mol. The maximum absolute atomic E-state index is 13.6. The van der Waals surface area contributed by atoms with Gasteiger partial charge in [0.25, 0.3) is 11.5 Å². The van der Waals surface area contributed by atoms with E-state index in [1.54, 1.807) is 6.07 Å². The highest BCUT2D eigenvalue weighted by Crippen LogP contribution is 2.16. The second-order valence-corrected chi connectivity index (χ2v) is 5.50. The first-order valence-electron chi connectivity index (χ1n) is 7.80. The Hall–Kier alpha value is -3.55. The summed E-state index contributed by atoms with van der Waals surface area (Å²) in [7, 11) is 0. The van der Waals surface area contributed by atoms with E-state index in [1.807, 2.05) is 0 Å². The normalized spacial score (nSPS) is 10.5. The lowest BCUT2D eigenvalue weighted by Crippen LogP contribution is -2.32. The minimum Gasteiger partial charge on any atom is -0.406 e. The summed E-state index contributed by atoms with van der Waals surface area (Å²) in [4.78, 5) is 29.9. The first-order chi connectivity index (χ1) is 13.0. The maximum atomic E-state index is 13.6. The van der Waals surface area contributed by atoms with Crippen LogP contribution >= 0.6 is 0 Å². The summed E-state index contributed by atoms with van der Waals surface area (Å²) in [6.45, 7) is -0.240. The van der Waals surface area contributed by atoms with Crippen molar-refractivity contribution in [3.05, 3.63) is 99.7 Å². The van der Waals surface area contributed by atoms with Crippen molar-refractivity contribution in [2.75, 3.05) is 5.32 Å². The van der Waals surface area contributed by atoms with Crippen LogP contribution in [0.2, 0.25) is 0 Å². The van der Waals surface area contributed by atoms with E-state index in [9.17, 15) is 22.8 Å². The topological polar surface area (TPSA) is 60.3 Å². The van der Waals surface area contributed by atoms with Gasteiger partial charge in [-0.2, -0.15) is 4.73 Å². The highest BCUT2D eigenvalue weighted by molar-refractivity contribution is 6.04. The van der Waals surface area contributed by atoms with E-state index in [-0.39, 0.29) is 17.7 Å². The van der Waals surface area contributed by atoms with E-state index in [1.165, 1.54) is 36.5 Å². The Labute approximate surface area is 151 Å². The number of halogens is 3. The van der Waals surface area contributed by atoms with Crippen LogP contribution in [0.25, 0.3) is 0 Å². The van der Waals surface area contributed by atoms with E-state index in [4.69, 9.17) is 4.84 Å². The average molecular weight is 374 g/mol. The molecule has 27 heavy (non-hydrogen) atoms. The minimum atomic E-state index is -0.937. The molecule has 0 aliphatic heterocycles. The molecule has 0 bridgehead atoms. The van der Waals surface area contributed by atoms with E-state index < -0.39 is 34.6 Å². The summed E-state index contributed by atoms with van der Waals surface area (Å²) < 4.78 is 41.2. The van der Waals surface area contributed by atoms with Crippen LogP contribution in [0.5, 0.6) is 0 Å². The zero-order valence-electron chi connectivity index (χ0n) is 13.8. The van der Waals surface area contributed by atoms with Gasteiger partial charge in [0.1, 0.15) is 29.6 Å². The van der Waals surface area contributed by atoms with E-state index in [0.717, 1.165) is 22.9 Å². The molecule has 1 heterocycles. The summed E-state index contributed by atoms with van der Waals surface area (Å²) in [5.41, 5.74) is -1.36. The molecule has 0 spiro atoms. The number of hydrogen-bond acceptors (Lipinski definition) is 3. The summed E-state index contributed by atoms with van der Waals surface area (Å²) in [6, 6.07) is 11.0. The Balaban J connectivity index is 1.80. The van der Waals surface area contributed by atoms with E-state index >= 15 is 0 Å². The molecular formula is C19H13F3N2O3. The zero-order chi connectivity index (χ0) is 19.4. The third kappa shape index (κ3) is 4.17. The number of nitrogens with one attached hydrogen (secondary N) is 1.